The highest BCUT2D eigenvalue weighted by molar-refractivity contribution is 7.93. The summed E-state index contributed by atoms with van der Waals surface area (Å²) < 4.78 is 76.9. The first-order valence-corrected chi connectivity index (χ1v) is 9.49. The van der Waals surface area contributed by atoms with Gasteiger partial charge in [-0.05, 0) is 43.7 Å². The Hall–Kier alpha value is -1.65. The molecule has 1 aromatic rings. The summed E-state index contributed by atoms with van der Waals surface area (Å²) in [7, 11) is -3.94. The summed E-state index contributed by atoms with van der Waals surface area (Å²) in [6.07, 6.45) is -0.771. The molecule has 0 fully saturated rings. The topological polar surface area (TPSA) is 74.2 Å². The Balaban J connectivity index is 3.17. The molecule has 0 N–H and O–H groups in total. The highest BCUT2D eigenvalue weighted by Crippen LogP contribution is 2.25. The number of methoxy groups -OCH3 is 1. The van der Waals surface area contributed by atoms with Gasteiger partial charge in [0.1, 0.15) is 11.5 Å². The lowest BCUT2D eigenvalue weighted by molar-refractivity contribution is -0.128. The average molecular weight is 397 g/mol. The molecule has 0 heterocycles. The molecule has 0 aliphatic rings. The quantitative estimate of drug-likeness (QED) is 0.448. The van der Waals surface area contributed by atoms with Crippen LogP contribution < -0.4 is 4.74 Å². The van der Waals surface area contributed by atoms with Crippen LogP contribution in [0.5, 0.6) is 5.75 Å². The average Bonchev–Trinajstić information content (AvgIpc) is 2.58. The zero-order chi connectivity index (χ0) is 19.8. The van der Waals surface area contributed by atoms with Crippen molar-refractivity contribution in [1.82, 2.24) is 0 Å². The molecule has 1 aromatic carbocycles. The van der Waals surface area contributed by atoms with Crippen LogP contribution in [0.3, 0.4) is 0 Å². The van der Waals surface area contributed by atoms with Crippen LogP contribution >= 0.6 is 0 Å². The highest BCUT2D eigenvalue weighted by Gasteiger charge is 2.46. The number of benzene rings is 1. The van der Waals surface area contributed by atoms with Crippen LogP contribution in [-0.4, -0.2) is 58.5 Å². The largest absolute Gasteiger partial charge is 0.497 e. The monoisotopic (exact) mass is 397 g/mol. The summed E-state index contributed by atoms with van der Waals surface area (Å²) >= 11 is 0. The minimum Gasteiger partial charge on any atom is -0.497 e. The van der Waals surface area contributed by atoms with Crippen LogP contribution in [0.25, 0.3) is 0 Å². The van der Waals surface area contributed by atoms with Gasteiger partial charge in [-0.25, -0.2) is 8.42 Å². The van der Waals surface area contributed by atoms with E-state index in [2.05, 4.69) is 4.99 Å². The molecule has 0 radical (unpaired) electrons. The Morgan fingerprint density at radius 2 is 1.65 bits per heavy atom. The van der Waals surface area contributed by atoms with Gasteiger partial charge in [0.25, 0.3) is 9.84 Å². The first-order chi connectivity index (χ1) is 12.1. The molecule has 1 rings (SSSR count). The molecule has 0 saturated carbocycles. The summed E-state index contributed by atoms with van der Waals surface area (Å²) in [4.78, 5) is 4.03. The third kappa shape index (κ3) is 6.58. The third-order valence-corrected chi connectivity index (χ3v) is 4.60. The first-order valence-electron chi connectivity index (χ1n) is 7.84. The van der Waals surface area contributed by atoms with Crippen molar-refractivity contribution in [3.8, 4) is 5.75 Å². The van der Waals surface area contributed by atoms with Crippen molar-refractivity contribution in [3.63, 3.8) is 0 Å². The molecule has 0 aliphatic carbocycles. The summed E-state index contributed by atoms with van der Waals surface area (Å²) in [5, 5.41) is 0. The van der Waals surface area contributed by atoms with Crippen molar-refractivity contribution < 1.29 is 35.8 Å². The van der Waals surface area contributed by atoms with Crippen LogP contribution in [0.2, 0.25) is 0 Å². The molecule has 0 bridgehead atoms. The fraction of sp³-hybridized carbons (Fsp3) is 0.562. The van der Waals surface area contributed by atoms with Gasteiger partial charge in [0, 0.05) is 13.2 Å². The minimum atomic E-state index is -5.38. The molecular formula is C16H22F3NO5S. The van der Waals surface area contributed by atoms with E-state index in [-0.39, 0.29) is 17.8 Å². The molecule has 6 nitrogen and oxygen atoms in total. The summed E-state index contributed by atoms with van der Waals surface area (Å²) in [6.45, 7) is 3.97. The fourth-order valence-corrected chi connectivity index (χ4v) is 2.76. The molecule has 0 atom stereocenters. The maximum absolute atomic E-state index is 12.8. The van der Waals surface area contributed by atoms with Gasteiger partial charge >= 0.3 is 5.51 Å². The maximum Gasteiger partial charge on any atom is 0.497 e. The molecule has 0 saturated heterocycles. The number of alkyl halides is 3. The number of rotatable bonds is 10. The van der Waals surface area contributed by atoms with Crippen molar-refractivity contribution in [2.24, 2.45) is 4.99 Å². The Morgan fingerprint density at radius 1 is 1.12 bits per heavy atom. The van der Waals surface area contributed by atoms with Gasteiger partial charge in [0.2, 0.25) is 0 Å². The van der Waals surface area contributed by atoms with Gasteiger partial charge < -0.3 is 14.2 Å². The number of nitrogens with zero attached hydrogens (tertiary/aromatic N) is 1. The molecule has 0 amide bonds. The normalized spacial score (nSPS) is 13.3. The smallest absolute Gasteiger partial charge is 0.497 e. The molecule has 0 spiro atoms. The van der Waals surface area contributed by atoms with E-state index in [1.807, 2.05) is 0 Å². The van der Waals surface area contributed by atoms with Crippen molar-refractivity contribution in [3.05, 3.63) is 29.8 Å². The molecule has 0 aromatic heterocycles. The predicted octanol–water partition coefficient (Wildman–Crippen LogP) is 2.82. The molecule has 0 unspecified atom stereocenters. The Labute approximate surface area is 150 Å². The second-order valence-electron chi connectivity index (χ2n) is 5.06. The minimum absolute atomic E-state index is 0.129. The number of hydrogen-bond acceptors (Lipinski definition) is 6. The van der Waals surface area contributed by atoms with E-state index in [0.717, 1.165) is 0 Å². The van der Waals surface area contributed by atoms with Crippen molar-refractivity contribution in [2.75, 3.05) is 32.6 Å². The second-order valence-corrected chi connectivity index (χ2v) is 7.04. The number of sulfone groups is 1. The van der Waals surface area contributed by atoms with Crippen LogP contribution in [0.15, 0.2) is 29.3 Å². The number of ether oxygens (including phenoxy) is 3. The van der Waals surface area contributed by atoms with Gasteiger partial charge in [-0.3, -0.25) is 4.99 Å². The summed E-state index contributed by atoms with van der Waals surface area (Å²) in [5.41, 5.74) is -5.35. The second kappa shape index (κ2) is 9.89. The van der Waals surface area contributed by atoms with E-state index in [1.54, 1.807) is 13.8 Å². The lowest BCUT2D eigenvalue weighted by Gasteiger charge is -2.16. The SMILES string of the molecule is CCOC(CN=C(CS(=O)(=O)C(F)(F)F)c1ccc(OC)cc1)OCC. The van der Waals surface area contributed by atoms with Gasteiger partial charge in [-0.1, -0.05) is 0 Å². The number of aliphatic imine (C=N–C) groups is 1. The zero-order valence-corrected chi connectivity index (χ0v) is 15.6. The van der Waals surface area contributed by atoms with Crippen LogP contribution in [0.4, 0.5) is 13.2 Å². The van der Waals surface area contributed by atoms with Crippen molar-refractivity contribution in [1.29, 1.82) is 0 Å². The molecule has 26 heavy (non-hydrogen) atoms. The van der Waals surface area contributed by atoms with E-state index in [0.29, 0.717) is 19.0 Å². The standard InChI is InChI=1S/C16H22F3NO5S/c1-4-24-15(25-5-2)10-20-14(11-26(21,22)16(17,18)19)12-6-8-13(23-3)9-7-12/h6-9,15H,4-5,10-11H2,1-3H3. The number of hydrogen-bond donors (Lipinski definition) is 0. The fourth-order valence-electron chi connectivity index (χ4n) is 1.98. The summed E-state index contributed by atoms with van der Waals surface area (Å²) in [5.74, 6) is -0.790. The Morgan fingerprint density at radius 3 is 2.08 bits per heavy atom. The molecule has 148 valence electrons. The zero-order valence-electron chi connectivity index (χ0n) is 14.7. The third-order valence-electron chi connectivity index (χ3n) is 3.24. The Bertz CT molecular complexity index is 681. The van der Waals surface area contributed by atoms with Gasteiger partial charge in [0.15, 0.2) is 6.29 Å². The van der Waals surface area contributed by atoms with Gasteiger partial charge in [-0.2, -0.15) is 13.2 Å². The van der Waals surface area contributed by atoms with E-state index in [1.165, 1.54) is 31.4 Å². The molecule has 0 aliphatic heterocycles. The highest BCUT2D eigenvalue weighted by atomic mass is 32.2. The van der Waals surface area contributed by atoms with E-state index >= 15 is 0 Å². The van der Waals surface area contributed by atoms with Gasteiger partial charge in [0.05, 0.1) is 19.4 Å². The number of halogens is 3. The van der Waals surface area contributed by atoms with E-state index in [9.17, 15) is 21.6 Å². The van der Waals surface area contributed by atoms with E-state index < -0.39 is 27.4 Å². The first kappa shape index (κ1) is 22.4. The van der Waals surface area contributed by atoms with Crippen molar-refractivity contribution >= 4 is 15.5 Å². The molecular weight excluding hydrogens is 375 g/mol. The molecule has 10 heteroatoms. The Kier molecular flexibility index (Phi) is 8.51. The van der Waals surface area contributed by atoms with Crippen LogP contribution in [0.1, 0.15) is 19.4 Å². The maximum atomic E-state index is 12.8. The van der Waals surface area contributed by atoms with Crippen molar-refractivity contribution in [2.45, 2.75) is 25.6 Å². The predicted molar refractivity (Wildman–Crippen MR) is 91.3 cm³/mol. The lowest BCUT2D eigenvalue weighted by atomic mass is 10.1. The van der Waals surface area contributed by atoms with E-state index in [4.69, 9.17) is 14.2 Å². The van der Waals surface area contributed by atoms with Crippen LogP contribution in [0, 0.1) is 0 Å². The lowest BCUT2D eigenvalue weighted by Crippen LogP contribution is -2.31. The van der Waals surface area contributed by atoms with Gasteiger partial charge in [-0.15, -0.1) is 0 Å². The van der Waals surface area contributed by atoms with Crippen LogP contribution in [-0.2, 0) is 19.3 Å². The summed E-state index contributed by atoms with van der Waals surface area (Å²) in [6, 6.07) is 5.90.